The van der Waals surface area contributed by atoms with Crippen molar-refractivity contribution in [2.75, 3.05) is 13.2 Å². The van der Waals surface area contributed by atoms with Crippen LogP contribution in [-0.4, -0.2) is 37.7 Å². The lowest BCUT2D eigenvalue weighted by Gasteiger charge is -2.03. The predicted octanol–water partition coefficient (Wildman–Crippen LogP) is -0.359. The minimum Gasteiger partial charge on any atom is -0.465 e. The molecular formula is C9H12O6. The van der Waals surface area contributed by atoms with Gasteiger partial charge in [0.05, 0.1) is 13.2 Å². The van der Waals surface area contributed by atoms with E-state index in [2.05, 4.69) is 9.47 Å². The average molecular weight is 216 g/mol. The fourth-order valence-electron chi connectivity index (χ4n) is 0.685. The standard InChI is InChI=1S/C9H12O6/c10-4-2-8(12)14-6-1-7-15-9(13)3-5-11/h4-5H,1-3,6-7H2. The van der Waals surface area contributed by atoms with Crippen molar-refractivity contribution < 1.29 is 28.7 Å². The van der Waals surface area contributed by atoms with Crippen LogP contribution in [0.4, 0.5) is 0 Å². The van der Waals surface area contributed by atoms with E-state index in [1.54, 1.807) is 0 Å². The monoisotopic (exact) mass is 216 g/mol. The van der Waals surface area contributed by atoms with Crippen LogP contribution in [0.5, 0.6) is 0 Å². The molecule has 0 aromatic carbocycles. The molecule has 0 fully saturated rings. The topological polar surface area (TPSA) is 86.7 Å². The minimum atomic E-state index is -0.607. The van der Waals surface area contributed by atoms with Crippen LogP contribution >= 0.6 is 0 Å². The highest BCUT2D eigenvalue weighted by molar-refractivity contribution is 5.84. The van der Waals surface area contributed by atoms with Gasteiger partial charge in [-0.25, -0.2) is 0 Å². The molecule has 0 aliphatic carbocycles. The number of esters is 2. The lowest BCUT2D eigenvalue weighted by molar-refractivity contribution is -0.146. The molecule has 0 heterocycles. The van der Waals surface area contributed by atoms with E-state index < -0.39 is 11.9 Å². The van der Waals surface area contributed by atoms with E-state index in [9.17, 15) is 19.2 Å². The zero-order valence-electron chi connectivity index (χ0n) is 8.14. The molecule has 0 aromatic rings. The third kappa shape index (κ3) is 8.61. The van der Waals surface area contributed by atoms with Crippen LogP contribution in [0, 0.1) is 0 Å². The van der Waals surface area contributed by atoms with Crippen LogP contribution in [-0.2, 0) is 28.7 Å². The van der Waals surface area contributed by atoms with Crippen molar-refractivity contribution in [1.29, 1.82) is 0 Å². The molecule has 0 rings (SSSR count). The van der Waals surface area contributed by atoms with Crippen molar-refractivity contribution >= 4 is 24.5 Å². The molecule has 0 N–H and O–H groups in total. The first kappa shape index (κ1) is 13.3. The SMILES string of the molecule is O=CCC(=O)OCCCOC(=O)CC=O. The van der Waals surface area contributed by atoms with E-state index in [-0.39, 0.29) is 26.1 Å². The van der Waals surface area contributed by atoms with Gasteiger partial charge in [0.2, 0.25) is 0 Å². The van der Waals surface area contributed by atoms with Crippen LogP contribution < -0.4 is 0 Å². The largest absolute Gasteiger partial charge is 0.465 e. The van der Waals surface area contributed by atoms with E-state index in [4.69, 9.17) is 0 Å². The molecule has 6 heteroatoms. The Balaban J connectivity index is 3.31. The fourth-order valence-corrected chi connectivity index (χ4v) is 0.685. The summed E-state index contributed by atoms with van der Waals surface area (Å²) in [5.41, 5.74) is 0. The number of rotatable bonds is 8. The van der Waals surface area contributed by atoms with E-state index in [0.717, 1.165) is 0 Å². The van der Waals surface area contributed by atoms with Gasteiger partial charge in [0.25, 0.3) is 0 Å². The Hall–Kier alpha value is -1.72. The lowest BCUT2D eigenvalue weighted by Crippen LogP contribution is -2.10. The summed E-state index contributed by atoms with van der Waals surface area (Å²) in [5.74, 6) is -1.21. The van der Waals surface area contributed by atoms with E-state index in [0.29, 0.717) is 19.0 Å². The van der Waals surface area contributed by atoms with Gasteiger partial charge in [-0.1, -0.05) is 0 Å². The van der Waals surface area contributed by atoms with Gasteiger partial charge >= 0.3 is 11.9 Å². The maximum absolute atomic E-state index is 10.6. The Labute approximate surface area is 86.5 Å². The first-order valence-electron chi connectivity index (χ1n) is 4.39. The van der Waals surface area contributed by atoms with Crippen molar-refractivity contribution in [3.8, 4) is 0 Å². The summed E-state index contributed by atoms with van der Waals surface area (Å²) in [6, 6.07) is 0. The summed E-state index contributed by atoms with van der Waals surface area (Å²) < 4.78 is 9.19. The molecule has 0 unspecified atom stereocenters. The quantitative estimate of drug-likeness (QED) is 0.238. The van der Waals surface area contributed by atoms with Gasteiger partial charge in [-0.05, 0) is 0 Å². The fraction of sp³-hybridized carbons (Fsp3) is 0.556. The maximum Gasteiger partial charge on any atom is 0.313 e. The highest BCUT2D eigenvalue weighted by Crippen LogP contribution is 1.90. The van der Waals surface area contributed by atoms with Crippen LogP contribution in [0.15, 0.2) is 0 Å². The minimum absolute atomic E-state index is 0.0844. The van der Waals surface area contributed by atoms with Gasteiger partial charge < -0.3 is 19.1 Å². The average Bonchev–Trinajstić information content (AvgIpc) is 2.18. The van der Waals surface area contributed by atoms with Crippen LogP contribution in [0.1, 0.15) is 19.3 Å². The molecule has 0 spiro atoms. The lowest BCUT2D eigenvalue weighted by atomic mass is 10.4. The van der Waals surface area contributed by atoms with Gasteiger partial charge in [0.1, 0.15) is 25.4 Å². The third-order valence-electron chi connectivity index (χ3n) is 1.31. The zero-order valence-corrected chi connectivity index (χ0v) is 8.14. The van der Waals surface area contributed by atoms with E-state index >= 15 is 0 Å². The zero-order chi connectivity index (χ0) is 11.5. The summed E-state index contributed by atoms with van der Waals surface area (Å²) in [5, 5.41) is 0. The highest BCUT2D eigenvalue weighted by atomic mass is 16.5. The van der Waals surface area contributed by atoms with Gasteiger partial charge in [-0.2, -0.15) is 0 Å². The number of carbonyl (C=O) groups is 4. The molecule has 0 saturated carbocycles. The van der Waals surface area contributed by atoms with Crippen LogP contribution in [0.25, 0.3) is 0 Å². The Bertz CT molecular complexity index is 211. The summed E-state index contributed by atoms with van der Waals surface area (Å²) in [6.07, 6.45) is 0.698. The second-order valence-corrected chi connectivity index (χ2v) is 2.54. The molecule has 0 radical (unpaired) electrons. The number of carbonyl (C=O) groups excluding carboxylic acids is 4. The van der Waals surface area contributed by atoms with Gasteiger partial charge in [-0.15, -0.1) is 0 Å². The number of aldehydes is 2. The molecule has 84 valence electrons. The Morgan fingerprint density at radius 3 is 1.60 bits per heavy atom. The first-order valence-corrected chi connectivity index (χ1v) is 4.39. The van der Waals surface area contributed by atoms with Gasteiger partial charge in [0, 0.05) is 6.42 Å². The Morgan fingerprint density at radius 2 is 1.27 bits per heavy atom. The Kier molecular flexibility index (Phi) is 7.84. The molecule has 6 nitrogen and oxygen atoms in total. The second-order valence-electron chi connectivity index (χ2n) is 2.54. The molecule has 0 aliphatic rings. The molecular weight excluding hydrogens is 204 g/mol. The normalized spacial score (nSPS) is 9.07. The van der Waals surface area contributed by atoms with Crippen molar-refractivity contribution in [2.24, 2.45) is 0 Å². The molecule has 0 aliphatic heterocycles. The van der Waals surface area contributed by atoms with E-state index in [1.807, 2.05) is 0 Å². The van der Waals surface area contributed by atoms with Crippen LogP contribution in [0.2, 0.25) is 0 Å². The van der Waals surface area contributed by atoms with Crippen molar-refractivity contribution in [2.45, 2.75) is 19.3 Å². The number of hydrogen-bond acceptors (Lipinski definition) is 6. The van der Waals surface area contributed by atoms with Crippen molar-refractivity contribution in [1.82, 2.24) is 0 Å². The summed E-state index contributed by atoms with van der Waals surface area (Å²) >= 11 is 0. The number of hydrogen-bond donors (Lipinski definition) is 0. The summed E-state index contributed by atoms with van der Waals surface area (Å²) in [7, 11) is 0. The van der Waals surface area contributed by atoms with Crippen molar-refractivity contribution in [3.63, 3.8) is 0 Å². The van der Waals surface area contributed by atoms with Crippen LogP contribution in [0.3, 0.4) is 0 Å². The third-order valence-corrected chi connectivity index (χ3v) is 1.31. The number of ether oxygens (including phenoxy) is 2. The summed E-state index contributed by atoms with van der Waals surface area (Å²) in [6.45, 7) is 0.169. The van der Waals surface area contributed by atoms with Crippen molar-refractivity contribution in [3.05, 3.63) is 0 Å². The van der Waals surface area contributed by atoms with E-state index in [1.165, 1.54) is 0 Å². The molecule has 0 amide bonds. The second kappa shape index (κ2) is 8.86. The molecule has 0 bridgehead atoms. The first-order chi connectivity index (χ1) is 7.20. The maximum atomic E-state index is 10.6. The molecule has 15 heavy (non-hydrogen) atoms. The molecule has 0 aromatic heterocycles. The Morgan fingerprint density at radius 1 is 0.867 bits per heavy atom. The predicted molar refractivity (Wildman–Crippen MR) is 47.9 cm³/mol. The molecule has 0 saturated heterocycles. The highest BCUT2D eigenvalue weighted by Gasteiger charge is 2.02. The summed E-state index contributed by atoms with van der Waals surface area (Å²) in [4.78, 5) is 41.0. The van der Waals surface area contributed by atoms with Gasteiger partial charge in [-0.3, -0.25) is 9.59 Å². The van der Waals surface area contributed by atoms with Gasteiger partial charge in [0.15, 0.2) is 0 Å². The molecule has 0 atom stereocenters. The smallest absolute Gasteiger partial charge is 0.313 e.